The van der Waals surface area contributed by atoms with E-state index in [0.717, 1.165) is 37.4 Å². The Morgan fingerprint density at radius 3 is 2.80 bits per heavy atom. The lowest BCUT2D eigenvalue weighted by Crippen LogP contribution is -2.42. The number of aliphatic hydroxyl groups excluding tert-OH is 1. The van der Waals surface area contributed by atoms with Crippen molar-refractivity contribution in [2.24, 2.45) is 11.8 Å². The van der Waals surface area contributed by atoms with E-state index in [0.29, 0.717) is 17.6 Å². The van der Waals surface area contributed by atoms with Crippen LogP contribution >= 0.6 is 0 Å². The van der Waals surface area contributed by atoms with Gasteiger partial charge in [-0.2, -0.15) is 0 Å². The molecule has 1 aromatic carbocycles. The summed E-state index contributed by atoms with van der Waals surface area (Å²) in [6, 6.07) is 5.57. The van der Waals surface area contributed by atoms with Crippen molar-refractivity contribution >= 4 is 0 Å². The van der Waals surface area contributed by atoms with Gasteiger partial charge in [0.1, 0.15) is 11.9 Å². The van der Waals surface area contributed by atoms with E-state index in [4.69, 9.17) is 14.2 Å². The molecule has 0 spiro atoms. The standard InChI is InChI=1S/C15H19NO4/c17-12-3-9-6-16-7-10(9)4-14(12)20-11-1-2-13-15(5-11)19-8-18-13/h1-2,5,9-10,12,14,16-17H,3-4,6-8H2/t9-,10+,12+,14+/m0/s1. The number of fused-ring (bicyclic) bond motifs is 2. The van der Waals surface area contributed by atoms with Crippen LogP contribution in [0.3, 0.4) is 0 Å². The highest BCUT2D eigenvalue weighted by atomic mass is 16.7. The van der Waals surface area contributed by atoms with Crippen molar-refractivity contribution in [2.45, 2.75) is 25.0 Å². The maximum atomic E-state index is 10.3. The fourth-order valence-corrected chi connectivity index (χ4v) is 3.51. The summed E-state index contributed by atoms with van der Waals surface area (Å²) >= 11 is 0. The van der Waals surface area contributed by atoms with Crippen molar-refractivity contribution in [2.75, 3.05) is 19.9 Å². The molecular formula is C15H19NO4. The highest BCUT2D eigenvalue weighted by Crippen LogP contribution is 2.38. The third kappa shape index (κ3) is 2.11. The van der Waals surface area contributed by atoms with Gasteiger partial charge in [-0.15, -0.1) is 0 Å². The first-order valence-electron chi connectivity index (χ1n) is 7.24. The number of hydrogen-bond acceptors (Lipinski definition) is 5. The second kappa shape index (κ2) is 4.82. The third-order valence-corrected chi connectivity index (χ3v) is 4.62. The summed E-state index contributed by atoms with van der Waals surface area (Å²) in [6.07, 6.45) is 1.22. The van der Waals surface area contributed by atoms with E-state index in [1.165, 1.54) is 0 Å². The van der Waals surface area contributed by atoms with Gasteiger partial charge >= 0.3 is 0 Å². The molecule has 4 rings (SSSR count). The van der Waals surface area contributed by atoms with E-state index >= 15 is 0 Å². The minimum atomic E-state index is -0.387. The zero-order chi connectivity index (χ0) is 13.5. The summed E-state index contributed by atoms with van der Waals surface area (Å²) in [7, 11) is 0. The average Bonchev–Trinajstić information content (AvgIpc) is 3.06. The lowest BCUT2D eigenvalue weighted by molar-refractivity contribution is -0.0232. The Kier molecular flexibility index (Phi) is 2.97. The normalized spacial score (nSPS) is 34.9. The van der Waals surface area contributed by atoms with Crippen LogP contribution in [0.15, 0.2) is 18.2 Å². The van der Waals surface area contributed by atoms with Gasteiger partial charge in [0.15, 0.2) is 11.5 Å². The molecule has 0 bridgehead atoms. The van der Waals surface area contributed by atoms with Crippen LogP contribution in [0.5, 0.6) is 17.2 Å². The summed E-state index contributed by atoms with van der Waals surface area (Å²) in [6.45, 7) is 2.33. The number of nitrogens with one attached hydrogen (secondary N) is 1. The van der Waals surface area contributed by atoms with Crippen LogP contribution in [-0.4, -0.2) is 37.2 Å². The molecule has 0 unspecified atom stereocenters. The first-order valence-corrected chi connectivity index (χ1v) is 7.24. The van der Waals surface area contributed by atoms with Crippen LogP contribution in [0.4, 0.5) is 0 Å². The van der Waals surface area contributed by atoms with Gasteiger partial charge in [0.05, 0.1) is 6.10 Å². The molecule has 5 heteroatoms. The Balaban J connectivity index is 1.48. The summed E-state index contributed by atoms with van der Waals surface area (Å²) in [5.74, 6) is 3.43. The molecule has 0 amide bonds. The van der Waals surface area contributed by atoms with Crippen LogP contribution in [0, 0.1) is 11.8 Å². The predicted octanol–water partition coefficient (Wildman–Crippen LogP) is 1.15. The van der Waals surface area contributed by atoms with E-state index in [1.807, 2.05) is 18.2 Å². The summed E-state index contributed by atoms with van der Waals surface area (Å²) in [5, 5.41) is 13.7. The van der Waals surface area contributed by atoms with Gasteiger partial charge in [0.25, 0.3) is 0 Å². The molecule has 1 saturated carbocycles. The van der Waals surface area contributed by atoms with Gasteiger partial charge in [0, 0.05) is 6.07 Å². The highest BCUT2D eigenvalue weighted by molar-refractivity contribution is 5.46. The number of hydrogen-bond donors (Lipinski definition) is 2. The van der Waals surface area contributed by atoms with Crippen molar-refractivity contribution in [3.8, 4) is 17.2 Å². The van der Waals surface area contributed by atoms with E-state index in [1.54, 1.807) is 0 Å². The van der Waals surface area contributed by atoms with E-state index in [9.17, 15) is 5.11 Å². The van der Waals surface area contributed by atoms with Crippen LogP contribution in [-0.2, 0) is 0 Å². The maximum absolute atomic E-state index is 10.3. The summed E-state index contributed by atoms with van der Waals surface area (Å²) in [4.78, 5) is 0. The molecule has 2 heterocycles. The second-order valence-electron chi connectivity index (χ2n) is 5.89. The number of aliphatic hydroxyl groups is 1. The van der Waals surface area contributed by atoms with E-state index < -0.39 is 0 Å². The molecule has 5 nitrogen and oxygen atoms in total. The van der Waals surface area contributed by atoms with Gasteiger partial charge in [-0.25, -0.2) is 0 Å². The SMILES string of the molecule is O[C@@H]1C[C@H]2CNC[C@H]2C[C@H]1Oc1ccc2c(c1)OCO2. The minimum Gasteiger partial charge on any atom is -0.488 e. The largest absolute Gasteiger partial charge is 0.488 e. The molecule has 1 saturated heterocycles. The van der Waals surface area contributed by atoms with Crippen LogP contribution < -0.4 is 19.5 Å². The van der Waals surface area contributed by atoms with Gasteiger partial charge in [0.2, 0.25) is 6.79 Å². The molecule has 20 heavy (non-hydrogen) atoms. The fourth-order valence-electron chi connectivity index (χ4n) is 3.51. The molecule has 4 atom stereocenters. The quantitative estimate of drug-likeness (QED) is 0.849. The maximum Gasteiger partial charge on any atom is 0.231 e. The summed E-state index contributed by atoms with van der Waals surface area (Å²) < 4.78 is 16.6. The van der Waals surface area contributed by atoms with E-state index in [-0.39, 0.29) is 19.0 Å². The topological polar surface area (TPSA) is 60.0 Å². The number of rotatable bonds is 2. The molecule has 3 aliphatic rings. The lowest BCUT2D eigenvalue weighted by Gasteiger charge is -2.35. The van der Waals surface area contributed by atoms with E-state index in [2.05, 4.69) is 5.32 Å². The molecule has 2 aliphatic heterocycles. The Morgan fingerprint density at radius 2 is 1.90 bits per heavy atom. The van der Waals surface area contributed by atoms with Crippen molar-refractivity contribution < 1.29 is 19.3 Å². The third-order valence-electron chi connectivity index (χ3n) is 4.62. The smallest absolute Gasteiger partial charge is 0.231 e. The van der Waals surface area contributed by atoms with Gasteiger partial charge in [-0.3, -0.25) is 0 Å². The molecule has 1 aromatic rings. The first-order chi connectivity index (χ1) is 9.79. The Hall–Kier alpha value is -1.46. The monoisotopic (exact) mass is 277 g/mol. The molecule has 2 N–H and O–H groups in total. The van der Waals surface area contributed by atoms with Gasteiger partial charge < -0.3 is 24.6 Å². The fraction of sp³-hybridized carbons (Fsp3) is 0.600. The average molecular weight is 277 g/mol. The Labute approximate surface area is 117 Å². The molecule has 108 valence electrons. The second-order valence-corrected chi connectivity index (χ2v) is 5.89. The van der Waals surface area contributed by atoms with Crippen molar-refractivity contribution in [3.05, 3.63) is 18.2 Å². The van der Waals surface area contributed by atoms with Crippen molar-refractivity contribution in [1.29, 1.82) is 0 Å². The zero-order valence-corrected chi connectivity index (χ0v) is 11.2. The van der Waals surface area contributed by atoms with Gasteiger partial charge in [-0.1, -0.05) is 0 Å². The van der Waals surface area contributed by atoms with Crippen molar-refractivity contribution in [1.82, 2.24) is 5.32 Å². The minimum absolute atomic E-state index is 0.128. The van der Waals surface area contributed by atoms with Crippen LogP contribution in [0.2, 0.25) is 0 Å². The molecule has 1 aliphatic carbocycles. The molecule has 2 fully saturated rings. The molecule has 0 aromatic heterocycles. The van der Waals surface area contributed by atoms with Gasteiger partial charge in [-0.05, 0) is 49.9 Å². The van der Waals surface area contributed by atoms with Crippen LogP contribution in [0.25, 0.3) is 0 Å². The Morgan fingerprint density at radius 1 is 1.10 bits per heavy atom. The Bertz CT molecular complexity index is 507. The molecular weight excluding hydrogens is 258 g/mol. The number of ether oxygens (including phenoxy) is 3. The highest BCUT2D eigenvalue weighted by Gasteiger charge is 2.39. The lowest BCUT2D eigenvalue weighted by atomic mass is 9.78. The predicted molar refractivity (Wildman–Crippen MR) is 72.1 cm³/mol. The first kappa shape index (κ1) is 12.3. The van der Waals surface area contributed by atoms with Crippen LogP contribution in [0.1, 0.15) is 12.8 Å². The zero-order valence-electron chi connectivity index (χ0n) is 11.2. The summed E-state index contributed by atoms with van der Waals surface area (Å²) in [5.41, 5.74) is 0. The molecule has 0 radical (unpaired) electrons. The number of benzene rings is 1. The van der Waals surface area contributed by atoms with Crippen molar-refractivity contribution in [3.63, 3.8) is 0 Å².